The summed E-state index contributed by atoms with van der Waals surface area (Å²) < 4.78 is 7.60. The van der Waals surface area contributed by atoms with Gasteiger partial charge in [0, 0.05) is 32.0 Å². The summed E-state index contributed by atoms with van der Waals surface area (Å²) in [6.07, 6.45) is 5.92. The van der Waals surface area contributed by atoms with Crippen LogP contribution >= 0.6 is 0 Å². The van der Waals surface area contributed by atoms with E-state index >= 15 is 0 Å². The second kappa shape index (κ2) is 5.82. The first-order chi connectivity index (χ1) is 11.6. The highest BCUT2D eigenvalue weighted by molar-refractivity contribution is 5.95. The molecular formula is C17H22N4O3. The molecule has 1 spiro atoms. The molecule has 1 atom stereocenters. The van der Waals surface area contributed by atoms with E-state index in [1.54, 1.807) is 16.9 Å². The van der Waals surface area contributed by atoms with Gasteiger partial charge in [-0.05, 0) is 32.6 Å². The molecule has 0 radical (unpaired) electrons. The van der Waals surface area contributed by atoms with Gasteiger partial charge in [-0.3, -0.25) is 4.79 Å². The molecule has 0 bridgehead atoms. The zero-order chi connectivity index (χ0) is 16.7. The monoisotopic (exact) mass is 330 g/mol. The van der Waals surface area contributed by atoms with Crippen molar-refractivity contribution in [1.82, 2.24) is 19.5 Å². The molecule has 24 heavy (non-hydrogen) atoms. The Hall–Kier alpha value is -1.99. The number of piperidine rings is 1. The first kappa shape index (κ1) is 15.5. The molecule has 0 aromatic carbocycles. The van der Waals surface area contributed by atoms with E-state index in [4.69, 9.17) is 4.74 Å². The number of aliphatic hydroxyl groups excluding tert-OH is 1. The standard InChI is InChI=1S/C17H22N4O3/c1-12-13(11-18-15-4-7-19-21(12)15)16(23)20-8-5-17(6-9-20)14(22)3-2-10-24-17/h4,7,11,14,22H,2-3,5-6,8-10H2,1H3/t14-/m1/s1. The molecule has 0 saturated carbocycles. The number of amides is 1. The smallest absolute Gasteiger partial charge is 0.257 e. The third-order valence-corrected chi connectivity index (χ3v) is 5.40. The highest BCUT2D eigenvalue weighted by Gasteiger charge is 2.44. The zero-order valence-electron chi connectivity index (χ0n) is 13.8. The summed E-state index contributed by atoms with van der Waals surface area (Å²) >= 11 is 0. The summed E-state index contributed by atoms with van der Waals surface area (Å²) in [6, 6.07) is 1.81. The predicted octanol–water partition coefficient (Wildman–Crippen LogP) is 1.18. The van der Waals surface area contributed by atoms with E-state index in [1.165, 1.54) is 0 Å². The van der Waals surface area contributed by atoms with Gasteiger partial charge in [-0.15, -0.1) is 0 Å². The van der Waals surface area contributed by atoms with Gasteiger partial charge in [0.15, 0.2) is 5.65 Å². The number of aryl methyl sites for hydroxylation is 1. The molecule has 1 amide bonds. The average molecular weight is 330 g/mol. The Balaban J connectivity index is 1.52. The van der Waals surface area contributed by atoms with E-state index in [2.05, 4.69) is 10.1 Å². The van der Waals surface area contributed by atoms with E-state index in [0.29, 0.717) is 38.1 Å². The molecule has 128 valence electrons. The van der Waals surface area contributed by atoms with E-state index in [9.17, 15) is 9.90 Å². The number of likely N-dealkylation sites (tertiary alicyclic amines) is 1. The Morgan fingerprint density at radius 3 is 2.96 bits per heavy atom. The summed E-state index contributed by atoms with van der Waals surface area (Å²) in [5.41, 5.74) is 1.64. The minimum atomic E-state index is -0.464. The minimum absolute atomic E-state index is 0.0300. The summed E-state index contributed by atoms with van der Waals surface area (Å²) in [6.45, 7) is 3.76. The number of fused-ring (bicyclic) bond motifs is 1. The van der Waals surface area contributed by atoms with Crippen molar-refractivity contribution in [3.63, 3.8) is 0 Å². The average Bonchev–Trinajstić information content (AvgIpc) is 3.08. The van der Waals surface area contributed by atoms with Crippen LogP contribution in [0.25, 0.3) is 5.65 Å². The van der Waals surface area contributed by atoms with Gasteiger partial charge in [0.1, 0.15) is 0 Å². The predicted molar refractivity (Wildman–Crippen MR) is 86.8 cm³/mol. The van der Waals surface area contributed by atoms with E-state index in [-0.39, 0.29) is 5.91 Å². The Bertz CT molecular complexity index is 764. The topological polar surface area (TPSA) is 80.0 Å². The van der Waals surface area contributed by atoms with Crippen molar-refractivity contribution in [3.8, 4) is 0 Å². The summed E-state index contributed by atoms with van der Waals surface area (Å²) in [4.78, 5) is 19.0. The molecule has 2 aromatic rings. The quantitative estimate of drug-likeness (QED) is 0.849. The van der Waals surface area contributed by atoms with Gasteiger partial charge in [0.05, 0.1) is 29.2 Å². The fourth-order valence-electron chi connectivity index (χ4n) is 3.85. The number of rotatable bonds is 1. The van der Waals surface area contributed by atoms with Gasteiger partial charge in [-0.1, -0.05) is 0 Å². The van der Waals surface area contributed by atoms with Gasteiger partial charge < -0.3 is 14.7 Å². The summed E-state index contributed by atoms with van der Waals surface area (Å²) in [5.74, 6) is -0.0300. The Morgan fingerprint density at radius 2 is 2.21 bits per heavy atom. The minimum Gasteiger partial charge on any atom is -0.390 e. The largest absolute Gasteiger partial charge is 0.390 e. The van der Waals surface area contributed by atoms with Crippen molar-refractivity contribution in [2.24, 2.45) is 0 Å². The summed E-state index contributed by atoms with van der Waals surface area (Å²) in [5, 5.41) is 14.5. The molecule has 7 heteroatoms. The lowest BCUT2D eigenvalue weighted by molar-refractivity contribution is -0.174. The third kappa shape index (κ3) is 2.39. The SMILES string of the molecule is Cc1c(C(=O)N2CCC3(CC2)OCCC[C@H]3O)cnc2ccnn12. The van der Waals surface area contributed by atoms with Crippen LogP contribution < -0.4 is 0 Å². The van der Waals surface area contributed by atoms with Crippen molar-refractivity contribution >= 4 is 11.6 Å². The van der Waals surface area contributed by atoms with Gasteiger partial charge in [-0.25, -0.2) is 9.50 Å². The number of carbonyl (C=O) groups excluding carboxylic acids is 1. The number of aliphatic hydroxyl groups is 1. The first-order valence-electron chi connectivity index (χ1n) is 8.51. The number of carbonyl (C=O) groups is 1. The Kier molecular flexibility index (Phi) is 3.77. The van der Waals surface area contributed by atoms with E-state index < -0.39 is 11.7 Å². The first-order valence-corrected chi connectivity index (χ1v) is 8.51. The third-order valence-electron chi connectivity index (χ3n) is 5.40. The maximum atomic E-state index is 12.9. The molecular weight excluding hydrogens is 308 g/mol. The lowest BCUT2D eigenvalue weighted by Gasteiger charge is -2.46. The van der Waals surface area contributed by atoms with Gasteiger partial charge in [0.25, 0.3) is 5.91 Å². The maximum absolute atomic E-state index is 12.9. The Labute approximate surface area is 140 Å². The van der Waals surface area contributed by atoms with Crippen molar-refractivity contribution in [3.05, 3.63) is 29.7 Å². The van der Waals surface area contributed by atoms with Crippen LogP contribution in [0.5, 0.6) is 0 Å². The molecule has 4 rings (SSSR count). The van der Waals surface area contributed by atoms with Crippen LogP contribution in [0, 0.1) is 6.92 Å². The molecule has 2 fully saturated rings. The molecule has 7 nitrogen and oxygen atoms in total. The molecule has 0 unspecified atom stereocenters. The lowest BCUT2D eigenvalue weighted by Crippen LogP contribution is -2.56. The Morgan fingerprint density at radius 1 is 1.42 bits per heavy atom. The van der Waals surface area contributed by atoms with Crippen molar-refractivity contribution in [2.45, 2.75) is 44.3 Å². The van der Waals surface area contributed by atoms with Gasteiger partial charge >= 0.3 is 0 Å². The normalized spacial score (nSPS) is 23.8. The second-order valence-electron chi connectivity index (χ2n) is 6.72. The molecule has 2 aliphatic heterocycles. The van der Waals surface area contributed by atoms with Crippen LogP contribution in [0.2, 0.25) is 0 Å². The van der Waals surface area contributed by atoms with Crippen LogP contribution in [-0.2, 0) is 4.74 Å². The number of hydrogen-bond donors (Lipinski definition) is 1. The van der Waals surface area contributed by atoms with Gasteiger partial charge in [0.2, 0.25) is 0 Å². The molecule has 0 aliphatic carbocycles. The highest BCUT2D eigenvalue weighted by atomic mass is 16.5. The number of ether oxygens (including phenoxy) is 1. The summed E-state index contributed by atoms with van der Waals surface area (Å²) in [7, 11) is 0. The lowest BCUT2D eigenvalue weighted by atomic mass is 9.82. The van der Waals surface area contributed by atoms with E-state index in [1.807, 2.05) is 17.9 Å². The van der Waals surface area contributed by atoms with Crippen molar-refractivity contribution in [2.75, 3.05) is 19.7 Å². The highest BCUT2D eigenvalue weighted by Crippen LogP contribution is 2.35. The molecule has 4 heterocycles. The van der Waals surface area contributed by atoms with Crippen molar-refractivity contribution < 1.29 is 14.6 Å². The molecule has 1 N–H and O–H groups in total. The molecule has 2 saturated heterocycles. The fraction of sp³-hybridized carbons (Fsp3) is 0.588. The number of nitrogens with zero attached hydrogens (tertiary/aromatic N) is 4. The molecule has 2 aliphatic rings. The fourth-order valence-corrected chi connectivity index (χ4v) is 3.85. The van der Waals surface area contributed by atoms with Gasteiger partial charge in [-0.2, -0.15) is 5.10 Å². The zero-order valence-corrected chi connectivity index (χ0v) is 13.8. The van der Waals surface area contributed by atoms with Crippen LogP contribution in [0.15, 0.2) is 18.5 Å². The van der Waals surface area contributed by atoms with Crippen molar-refractivity contribution in [1.29, 1.82) is 0 Å². The van der Waals surface area contributed by atoms with Crippen LogP contribution in [0.3, 0.4) is 0 Å². The van der Waals surface area contributed by atoms with E-state index in [0.717, 1.165) is 24.2 Å². The van der Waals surface area contributed by atoms with Crippen LogP contribution in [0.4, 0.5) is 0 Å². The van der Waals surface area contributed by atoms with Crippen LogP contribution in [-0.4, -0.2) is 61.9 Å². The second-order valence-corrected chi connectivity index (χ2v) is 6.72. The number of hydrogen-bond acceptors (Lipinski definition) is 5. The maximum Gasteiger partial charge on any atom is 0.257 e. The number of aromatic nitrogens is 3. The van der Waals surface area contributed by atoms with Crippen LogP contribution in [0.1, 0.15) is 41.7 Å². The molecule has 2 aromatic heterocycles.